The summed E-state index contributed by atoms with van der Waals surface area (Å²) in [6, 6.07) is 11.9. The first-order valence-electron chi connectivity index (χ1n) is 12.2. The average molecular weight is 575 g/mol. The Balaban J connectivity index is 1.73. The molecule has 3 aromatic rings. The Labute approximate surface area is 232 Å². The van der Waals surface area contributed by atoms with Crippen LogP contribution in [0.2, 0.25) is 5.02 Å². The molecule has 2 aromatic carbocycles. The predicted octanol–water partition coefficient (Wildman–Crippen LogP) is 5.11. The van der Waals surface area contributed by atoms with Crippen LogP contribution < -0.4 is 21.4 Å². The molecule has 0 aliphatic rings. The van der Waals surface area contributed by atoms with E-state index in [4.69, 9.17) is 16.8 Å². The highest BCUT2D eigenvalue weighted by Crippen LogP contribution is 2.31. The quantitative estimate of drug-likeness (QED) is 0.112. The van der Waals surface area contributed by atoms with E-state index in [1.165, 1.54) is 12.3 Å². The molecular formula is C26H31ClN6O5S. The standard InChI is InChI=1S/C26H31ClN6O5S/c1-16(2)39(37,38)22-9-5-4-8-20(22)31-25-19(27)15-28-26(32-25)29-18-13-12-17(3)21(14-18)30-23(34)10-6-7-11-24(35)33-36/h4-5,8-9,12-16,36H,6-7,10-11H2,1-3H3,(H,30,34)(H,33,35)(H2,28,29,31,32). The van der Waals surface area contributed by atoms with Crippen LogP contribution in [0, 0.1) is 6.92 Å². The molecule has 0 radical (unpaired) electrons. The van der Waals surface area contributed by atoms with Gasteiger partial charge in [0.15, 0.2) is 15.7 Å². The molecule has 0 aliphatic carbocycles. The van der Waals surface area contributed by atoms with Gasteiger partial charge in [0.05, 0.1) is 22.0 Å². The number of amides is 2. The highest BCUT2D eigenvalue weighted by molar-refractivity contribution is 7.92. The molecule has 0 aliphatic heterocycles. The van der Waals surface area contributed by atoms with Gasteiger partial charge in [0.1, 0.15) is 5.02 Å². The van der Waals surface area contributed by atoms with Crippen LogP contribution in [0.25, 0.3) is 0 Å². The number of unbranched alkanes of at least 4 members (excludes halogenated alkanes) is 1. The number of carbonyl (C=O) groups excluding carboxylic acids is 2. The first-order valence-corrected chi connectivity index (χ1v) is 14.2. The summed E-state index contributed by atoms with van der Waals surface area (Å²) >= 11 is 6.31. The van der Waals surface area contributed by atoms with Gasteiger partial charge in [-0.15, -0.1) is 0 Å². The average Bonchev–Trinajstić information content (AvgIpc) is 2.90. The number of rotatable bonds is 12. The fourth-order valence-electron chi connectivity index (χ4n) is 3.52. The zero-order valence-electron chi connectivity index (χ0n) is 21.8. The monoisotopic (exact) mass is 574 g/mol. The Bertz CT molecular complexity index is 1450. The molecule has 39 heavy (non-hydrogen) atoms. The van der Waals surface area contributed by atoms with E-state index < -0.39 is 21.0 Å². The van der Waals surface area contributed by atoms with Gasteiger partial charge < -0.3 is 16.0 Å². The van der Waals surface area contributed by atoms with Crippen LogP contribution in [-0.4, -0.2) is 40.7 Å². The third kappa shape index (κ3) is 8.12. The molecule has 1 aromatic heterocycles. The molecule has 3 rings (SSSR count). The lowest BCUT2D eigenvalue weighted by molar-refractivity contribution is -0.129. The number of halogens is 1. The first kappa shape index (κ1) is 29.8. The number of sulfone groups is 1. The summed E-state index contributed by atoms with van der Waals surface area (Å²) in [7, 11) is -3.56. The third-order valence-electron chi connectivity index (χ3n) is 5.76. The summed E-state index contributed by atoms with van der Waals surface area (Å²) < 4.78 is 25.6. The summed E-state index contributed by atoms with van der Waals surface area (Å²) in [5.74, 6) is -0.271. The fraction of sp³-hybridized carbons (Fsp3) is 0.308. The summed E-state index contributed by atoms with van der Waals surface area (Å²) in [5, 5.41) is 17.1. The zero-order chi connectivity index (χ0) is 28.6. The topological polar surface area (TPSA) is 162 Å². The first-order chi connectivity index (χ1) is 18.5. The summed E-state index contributed by atoms with van der Waals surface area (Å²) in [6.45, 7) is 5.08. The highest BCUT2D eigenvalue weighted by Gasteiger charge is 2.23. The van der Waals surface area contributed by atoms with E-state index in [2.05, 4.69) is 25.9 Å². The van der Waals surface area contributed by atoms with Crippen molar-refractivity contribution in [3.8, 4) is 0 Å². The molecular weight excluding hydrogens is 544 g/mol. The molecule has 208 valence electrons. The van der Waals surface area contributed by atoms with Crippen LogP contribution in [0.3, 0.4) is 0 Å². The minimum Gasteiger partial charge on any atom is -0.338 e. The number of nitrogens with one attached hydrogen (secondary N) is 4. The van der Waals surface area contributed by atoms with Crippen molar-refractivity contribution in [1.29, 1.82) is 0 Å². The van der Waals surface area contributed by atoms with Crippen LogP contribution in [0.1, 0.15) is 45.1 Å². The number of nitrogens with zero attached hydrogens (tertiary/aromatic N) is 2. The maximum absolute atomic E-state index is 12.8. The van der Waals surface area contributed by atoms with Crippen LogP contribution in [0.15, 0.2) is 53.6 Å². The molecule has 1 heterocycles. The smallest absolute Gasteiger partial charge is 0.243 e. The molecule has 0 fully saturated rings. The van der Waals surface area contributed by atoms with Crippen molar-refractivity contribution in [3.63, 3.8) is 0 Å². The predicted molar refractivity (Wildman–Crippen MR) is 151 cm³/mol. The van der Waals surface area contributed by atoms with Gasteiger partial charge in [-0.1, -0.05) is 29.8 Å². The SMILES string of the molecule is Cc1ccc(Nc2ncc(Cl)c(Nc3ccccc3S(=O)(=O)C(C)C)n2)cc1NC(=O)CCCCC(=O)NO. The number of aromatic nitrogens is 2. The second-order valence-electron chi connectivity index (χ2n) is 9.05. The number of aryl methyl sites for hydroxylation is 1. The maximum atomic E-state index is 12.8. The molecule has 2 amide bonds. The number of hydrogen-bond acceptors (Lipinski definition) is 9. The zero-order valence-corrected chi connectivity index (χ0v) is 23.4. The molecule has 11 nitrogen and oxygen atoms in total. The van der Waals surface area contributed by atoms with E-state index in [-0.39, 0.29) is 40.4 Å². The minimum atomic E-state index is -3.56. The summed E-state index contributed by atoms with van der Waals surface area (Å²) in [4.78, 5) is 32.2. The van der Waals surface area contributed by atoms with E-state index in [0.717, 1.165) is 5.56 Å². The Kier molecular flexibility index (Phi) is 10.2. The summed E-state index contributed by atoms with van der Waals surface area (Å²) in [5.41, 5.74) is 3.95. The molecule has 5 N–H and O–H groups in total. The minimum absolute atomic E-state index is 0.138. The van der Waals surface area contributed by atoms with Crippen molar-refractivity contribution in [1.82, 2.24) is 15.4 Å². The number of hydroxylamine groups is 1. The largest absolute Gasteiger partial charge is 0.338 e. The van der Waals surface area contributed by atoms with Crippen LogP contribution >= 0.6 is 11.6 Å². The molecule has 0 atom stereocenters. The number of carbonyl (C=O) groups is 2. The normalized spacial score (nSPS) is 11.2. The second kappa shape index (κ2) is 13.4. The van der Waals surface area contributed by atoms with Crippen molar-refractivity contribution in [2.24, 2.45) is 0 Å². The molecule has 0 spiro atoms. The van der Waals surface area contributed by atoms with Crippen molar-refractivity contribution in [2.45, 2.75) is 56.6 Å². The van der Waals surface area contributed by atoms with Gasteiger partial charge in [0.25, 0.3) is 0 Å². The van der Waals surface area contributed by atoms with Gasteiger partial charge in [0.2, 0.25) is 17.8 Å². The van der Waals surface area contributed by atoms with E-state index >= 15 is 0 Å². The van der Waals surface area contributed by atoms with Crippen LogP contribution in [-0.2, 0) is 19.4 Å². The van der Waals surface area contributed by atoms with Crippen molar-refractivity contribution >= 4 is 62.1 Å². The van der Waals surface area contributed by atoms with Gasteiger partial charge >= 0.3 is 0 Å². The number of anilines is 5. The van der Waals surface area contributed by atoms with Crippen molar-refractivity contribution < 1.29 is 23.2 Å². The van der Waals surface area contributed by atoms with Crippen molar-refractivity contribution in [2.75, 3.05) is 16.0 Å². The number of para-hydroxylation sites is 1. The van der Waals surface area contributed by atoms with Crippen molar-refractivity contribution in [3.05, 3.63) is 59.2 Å². The highest BCUT2D eigenvalue weighted by atomic mass is 35.5. The van der Waals surface area contributed by atoms with Crippen LogP contribution in [0.5, 0.6) is 0 Å². The lowest BCUT2D eigenvalue weighted by Gasteiger charge is -2.15. The van der Waals surface area contributed by atoms with E-state index in [9.17, 15) is 18.0 Å². The Morgan fingerprint density at radius 3 is 2.38 bits per heavy atom. The Hall–Kier alpha value is -3.74. The van der Waals surface area contributed by atoms with E-state index in [1.807, 2.05) is 13.0 Å². The van der Waals surface area contributed by atoms with Gasteiger partial charge in [-0.2, -0.15) is 4.98 Å². The molecule has 0 saturated heterocycles. The van der Waals surface area contributed by atoms with E-state index in [1.54, 1.807) is 49.7 Å². The Morgan fingerprint density at radius 1 is 1.00 bits per heavy atom. The van der Waals surface area contributed by atoms with Crippen LogP contribution in [0.4, 0.5) is 28.8 Å². The van der Waals surface area contributed by atoms with Gasteiger partial charge in [-0.25, -0.2) is 18.9 Å². The van der Waals surface area contributed by atoms with Gasteiger partial charge in [0, 0.05) is 24.2 Å². The summed E-state index contributed by atoms with van der Waals surface area (Å²) in [6.07, 6.45) is 2.72. The lowest BCUT2D eigenvalue weighted by atomic mass is 10.1. The molecule has 0 unspecified atom stereocenters. The molecule has 13 heteroatoms. The lowest BCUT2D eigenvalue weighted by Crippen LogP contribution is -2.18. The second-order valence-corrected chi connectivity index (χ2v) is 11.9. The van der Waals surface area contributed by atoms with E-state index in [0.29, 0.717) is 29.9 Å². The number of benzene rings is 2. The number of hydrogen-bond donors (Lipinski definition) is 5. The van der Waals surface area contributed by atoms with Gasteiger partial charge in [-0.05, 0) is 63.4 Å². The molecule has 0 bridgehead atoms. The van der Waals surface area contributed by atoms with Gasteiger partial charge in [-0.3, -0.25) is 14.8 Å². The maximum Gasteiger partial charge on any atom is 0.243 e. The Morgan fingerprint density at radius 2 is 1.69 bits per heavy atom. The fourth-order valence-corrected chi connectivity index (χ4v) is 4.86. The third-order valence-corrected chi connectivity index (χ3v) is 8.25. The molecule has 0 saturated carbocycles.